The van der Waals surface area contributed by atoms with Crippen LogP contribution in [-0.4, -0.2) is 62.9 Å². The molecule has 2 heterocycles. The highest BCUT2D eigenvalue weighted by Crippen LogP contribution is 2.34. The minimum absolute atomic E-state index is 0.00171. The largest absolute Gasteiger partial charge is 0.481 e. The van der Waals surface area contributed by atoms with E-state index in [-0.39, 0.29) is 28.3 Å². The number of esters is 1. The zero-order valence-corrected chi connectivity index (χ0v) is 21.3. The third-order valence-electron chi connectivity index (χ3n) is 4.86. The van der Waals surface area contributed by atoms with Crippen molar-refractivity contribution < 1.29 is 49.8 Å². The number of carbonyl (C=O) groups is 2. The fraction of sp³-hybridized carbons (Fsp3) is 0.273. The second-order valence-corrected chi connectivity index (χ2v) is 9.12. The molecule has 3 aromatic rings. The number of amides is 1. The summed E-state index contributed by atoms with van der Waals surface area (Å²) in [6, 6.07) is 7.17. The molecule has 17 heteroatoms. The zero-order valence-electron chi connectivity index (χ0n) is 20.5. The third-order valence-corrected chi connectivity index (χ3v) is 6.23. The number of nitrogens with zero attached hydrogens (tertiary/aromatic N) is 2. The second kappa shape index (κ2) is 11.5. The van der Waals surface area contributed by atoms with Gasteiger partial charge in [-0.3, -0.25) is 9.52 Å². The van der Waals surface area contributed by atoms with Crippen LogP contribution in [0.2, 0.25) is 0 Å². The van der Waals surface area contributed by atoms with E-state index in [1.807, 2.05) is 5.32 Å². The zero-order chi connectivity index (χ0) is 28.8. The van der Waals surface area contributed by atoms with Crippen LogP contribution in [0.15, 0.2) is 58.0 Å². The van der Waals surface area contributed by atoms with Gasteiger partial charge >= 0.3 is 23.8 Å². The van der Waals surface area contributed by atoms with Crippen LogP contribution < -0.4 is 24.8 Å². The molecule has 0 radical (unpaired) electrons. The molecular formula is C22H22F3N5O8S. The molecule has 0 aliphatic rings. The number of alkyl halides is 3. The number of benzene rings is 1. The van der Waals surface area contributed by atoms with Gasteiger partial charge in [0.15, 0.2) is 11.6 Å². The van der Waals surface area contributed by atoms with Crippen molar-refractivity contribution in [1.82, 2.24) is 15.3 Å². The Labute approximate surface area is 219 Å². The highest BCUT2D eigenvalue weighted by atomic mass is 32.2. The number of methoxy groups -OCH3 is 2. The van der Waals surface area contributed by atoms with Crippen molar-refractivity contribution in [3.8, 4) is 11.9 Å². The summed E-state index contributed by atoms with van der Waals surface area (Å²) in [6.07, 6.45) is -4.36. The molecule has 3 rings (SSSR count). The topological polar surface area (TPSA) is 171 Å². The summed E-state index contributed by atoms with van der Waals surface area (Å²) < 4.78 is 90.1. The van der Waals surface area contributed by atoms with Gasteiger partial charge in [-0.25, -0.2) is 13.2 Å². The lowest BCUT2D eigenvalue weighted by Gasteiger charge is -2.35. The summed E-state index contributed by atoms with van der Waals surface area (Å²) in [5, 5.41) is 3.52. The van der Waals surface area contributed by atoms with Crippen molar-refractivity contribution >= 4 is 33.4 Å². The first kappa shape index (κ1) is 29.0. The fourth-order valence-corrected chi connectivity index (χ4v) is 4.04. The average Bonchev–Trinajstić information content (AvgIpc) is 3.43. The standard InChI is InChI=1S/C22H22F3N5O8S/c1-4-37-19(32)21(22(23,24)25,29-18(31)15-6-5-11-38-15)28-13-7-9-14(10-8-13)39(33,34)30-16-12-17(35-2)27-20(26-16)36-3/h5-12,28H,4H2,1-3H3,(H,29,31)(H,26,27,30). The van der Waals surface area contributed by atoms with Crippen LogP contribution in [0.1, 0.15) is 17.5 Å². The lowest BCUT2D eigenvalue weighted by atomic mass is 10.1. The van der Waals surface area contributed by atoms with Crippen LogP contribution in [0.25, 0.3) is 0 Å². The Kier molecular flexibility index (Phi) is 8.53. The summed E-state index contributed by atoms with van der Waals surface area (Å²) in [5.74, 6) is -3.93. The van der Waals surface area contributed by atoms with E-state index in [0.29, 0.717) is 0 Å². The molecule has 0 aliphatic heterocycles. The molecule has 39 heavy (non-hydrogen) atoms. The number of anilines is 2. The number of halogens is 3. The van der Waals surface area contributed by atoms with Gasteiger partial charge in [0.05, 0.1) is 32.0 Å². The molecule has 0 saturated heterocycles. The molecule has 2 aromatic heterocycles. The third kappa shape index (κ3) is 6.49. The molecule has 0 aliphatic carbocycles. The van der Waals surface area contributed by atoms with Crippen LogP contribution in [0, 0.1) is 0 Å². The molecule has 0 bridgehead atoms. The van der Waals surface area contributed by atoms with Crippen LogP contribution in [-0.2, 0) is 19.6 Å². The summed E-state index contributed by atoms with van der Waals surface area (Å²) >= 11 is 0. The van der Waals surface area contributed by atoms with Crippen molar-refractivity contribution in [3.63, 3.8) is 0 Å². The molecule has 1 atom stereocenters. The SMILES string of the molecule is CCOC(=O)C(NC(=O)c1ccco1)(Nc1ccc(S(=O)(=O)Nc2cc(OC)nc(OC)n2)cc1)C(F)(F)F. The highest BCUT2D eigenvalue weighted by Gasteiger charge is 2.64. The Bertz CT molecular complexity index is 1390. The number of nitrogens with one attached hydrogen (secondary N) is 3. The molecule has 13 nitrogen and oxygen atoms in total. The van der Waals surface area contributed by atoms with Gasteiger partial charge in [-0.15, -0.1) is 0 Å². The lowest BCUT2D eigenvalue weighted by Crippen LogP contribution is -2.69. The van der Waals surface area contributed by atoms with Gasteiger partial charge in [-0.05, 0) is 43.3 Å². The first-order valence-electron chi connectivity index (χ1n) is 10.8. The maximum absolute atomic E-state index is 14.3. The molecule has 1 aromatic carbocycles. The highest BCUT2D eigenvalue weighted by molar-refractivity contribution is 7.92. The fourth-order valence-electron chi connectivity index (χ4n) is 3.05. The predicted octanol–water partition coefficient (Wildman–Crippen LogP) is 2.55. The molecule has 210 valence electrons. The normalized spacial score (nSPS) is 13.1. The van der Waals surface area contributed by atoms with Crippen molar-refractivity contribution in [2.45, 2.75) is 23.7 Å². The molecule has 0 fully saturated rings. The van der Waals surface area contributed by atoms with Gasteiger partial charge in [0.1, 0.15) is 0 Å². The summed E-state index contributed by atoms with van der Waals surface area (Å²) in [6.45, 7) is 0.847. The minimum atomic E-state index is -5.42. The van der Waals surface area contributed by atoms with Crippen molar-refractivity contribution in [2.75, 3.05) is 30.9 Å². The van der Waals surface area contributed by atoms with Gasteiger partial charge in [-0.2, -0.15) is 23.1 Å². The number of rotatable bonds is 11. The molecular weight excluding hydrogens is 551 g/mol. The Hall–Kier alpha value is -4.54. The number of furan rings is 1. The van der Waals surface area contributed by atoms with E-state index in [9.17, 15) is 31.2 Å². The van der Waals surface area contributed by atoms with E-state index in [1.54, 1.807) is 5.32 Å². The van der Waals surface area contributed by atoms with E-state index in [0.717, 1.165) is 36.6 Å². The van der Waals surface area contributed by atoms with E-state index in [2.05, 4.69) is 19.4 Å². The number of hydrogen-bond donors (Lipinski definition) is 3. The maximum Gasteiger partial charge on any atom is 0.441 e. The maximum atomic E-state index is 14.3. The predicted molar refractivity (Wildman–Crippen MR) is 128 cm³/mol. The van der Waals surface area contributed by atoms with Gasteiger partial charge in [0.2, 0.25) is 5.88 Å². The Morgan fingerprint density at radius 1 is 1.05 bits per heavy atom. The smallest absolute Gasteiger partial charge is 0.441 e. The van der Waals surface area contributed by atoms with Crippen LogP contribution >= 0.6 is 0 Å². The van der Waals surface area contributed by atoms with E-state index in [4.69, 9.17) is 13.9 Å². The van der Waals surface area contributed by atoms with Crippen molar-refractivity contribution in [1.29, 1.82) is 0 Å². The van der Waals surface area contributed by atoms with E-state index >= 15 is 0 Å². The van der Waals surface area contributed by atoms with E-state index in [1.165, 1.54) is 33.3 Å². The van der Waals surface area contributed by atoms with Crippen molar-refractivity contribution in [3.05, 3.63) is 54.5 Å². The molecule has 0 spiro atoms. The number of ether oxygens (including phenoxy) is 3. The van der Waals surface area contributed by atoms with Crippen LogP contribution in [0.4, 0.5) is 24.7 Å². The molecule has 1 unspecified atom stereocenters. The lowest BCUT2D eigenvalue weighted by molar-refractivity contribution is -0.204. The summed E-state index contributed by atoms with van der Waals surface area (Å²) in [4.78, 5) is 32.3. The second-order valence-electron chi connectivity index (χ2n) is 7.44. The Morgan fingerprint density at radius 2 is 1.74 bits per heavy atom. The Balaban J connectivity index is 1.93. The summed E-state index contributed by atoms with van der Waals surface area (Å²) in [7, 11) is -1.75. The Morgan fingerprint density at radius 3 is 2.28 bits per heavy atom. The van der Waals surface area contributed by atoms with E-state index < -0.39 is 46.1 Å². The first-order valence-corrected chi connectivity index (χ1v) is 12.3. The monoisotopic (exact) mass is 573 g/mol. The molecule has 3 N–H and O–H groups in total. The quantitative estimate of drug-likeness (QED) is 0.227. The van der Waals surface area contributed by atoms with Crippen LogP contribution in [0.3, 0.4) is 0 Å². The first-order chi connectivity index (χ1) is 18.3. The van der Waals surface area contributed by atoms with Gasteiger partial charge in [0, 0.05) is 11.8 Å². The number of carbonyl (C=O) groups excluding carboxylic acids is 2. The number of sulfonamides is 1. The van der Waals surface area contributed by atoms with Gasteiger partial charge in [0.25, 0.3) is 15.9 Å². The van der Waals surface area contributed by atoms with Crippen molar-refractivity contribution in [2.24, 2.45) is 0 Å². The number of aromatic nitrogens is 2. The van der Waals surface area contributed by atoms with Gasteiger partial charge in [-0.1, -0.05) is 0 Å². The average molecular weight is 574 g/mol. The van der Waals surface area contributed by atoms with Crippen LogP contribution in [0.5, 0.6) is 11.9 Å². The van der Waals surface area contributed by atoms with Gasteiger partial charge < -0.3 is 29.3 Å². The number of hydrogen-bond acceptors (Lipinski definition) is 11. The molecule has 1 amide bonds. The molecule has 0 saturated carbocycles. The minimum Gasteiger partial charge on any atom is -0.481 e. The summed E-state index contributed by atoms with van der Waals surface area (Å²) in [5.41, 5.74) is -4.14.